The monoisotopic (exact) mass is 512 g/mol. The summed E-state index contributed by atoms with van der Waals surface area (Å²) < 4.78 is 1.96. The van der Waals surface area contributed by atoms with Crippen LogP contribution in [0.1, 0.15) is 15.9 Å². The summed E-state index contributed by atoms with van der Waals surface area (Å²) in [5, 5.41) is 14.9. The maximum Gasteiger partial charge on any atom is 0.271 e. The van der Waals surface area contributed by atoms with E-state index >= 15 is 0 Å². The second kappa shape index (κ2) is 8.91. The molecular formula is C18H11BrCl2N4O3S. The molecule has 1 heterocycles. The molecule has 7 nitrogen and oxygen atoms in total. The summed E-state index contributed by atoms with van der Waals surface area (Å²) >= 11 is 20.3. The Bertz CT molecular complexity index is 1240. The third-order valence-corrected chi connectivity index (χ3v) is 5.30. The number of nitrogens with one attached hydrogen (secondary N) is 2. The van der Waals surface area contributed by atoms with Gasteiger partial charge in [-0.25, -0.2) is 5.43 Å². The van der Waals surface area contributed by atoms with Gasteiger partial charge in [0, 0.05) is 10.0 Å². The van der Waals surface area contributed by atoms with E-state index in [9.17, 15) is 14.7 Å². The highest BCUT2D eigenvalue weighted by Gasteiger charge is 2.14. The van der Waals surface area contributed by atoms with Gasteiger partial charge in [-0.2, -0.15) is 5.10 Å². The number of carbonyl (C=O) groups excluding carboxylic acids is 1. The highest BCUT2D eigenvalue weighted by Crippen LogP contribution is 2.27. The van der Waals surface area contributed by atoms with Crippen molar-refractivity contribution >= 4 is 63.5 Å². The van der Waals surface area contributed by atoms with Crippen LogP contribution in [0.4, 0.5) is 0 Å². The number of hydrogen-bond acceptors (Lipinski definition) is 5. The first kappa shape index (κ1) is 21.3. The minimum atomic E-state index is -0.676. The van der Waals surface area contributed by atoms with Gasteiger partial charge in [0.25, 0.3) is 11.5 Å². The number of halogens is 3. The third kappa shape index (κ3) is 4.76. The van der Waals surface area contributed by atoms with Gasteiger partial charge in [-0.15, -0.1) is 0 Å². The molecule has 0 saturated heterocycles. The van der Waals surface area contributed by atoms with E-state index in [2.05, 4.69) is 31.4 Å². The van der Waals surface area contributed by atoms with Gasteiger partial charge in [-0.1, -0.05) is 39.1 Å². The molecule has 0 saturated carbocycles. The Balaban J connectivity index is 1.93. The van der Waals surface area contributed by atoms with Crippen molar-refractivity contribution in [3.63, 3.8) is 0 Å². The summed E-state index contributed by atoms with van der Waals surface area (Å²) in [5.74, 6) is -0.958. The maximum absolute atomic E-state index is 12.2. The number of benzene rings is 2. The summed E-state index contributed by atoms with van der Waals surface area (Å²) in [5.41, 5.74) is 2.16. The highest BCUT2D eigenvalue weighted by molar-refractivity contribution is 9.10. The minimum Gasteiger partial charge on any atom is -0.494 e. The summed E-state index contributed by atoms with van der Waals surface area (Å²) in [6.07, 6.45) is 1.02. The summed E-state index contributed by atoms with van der Waals surface area (Å²) in [6.45, 7) is 0. The molecule has 1 amide bonds. The number of aromatic hydroxyl groups is 1. The van der Waals surface area contributed by atoms with E-state index in [1.165, 1.54) is 16.7 Å². The quantitative estimate of drug-likeness (QED) is 0.273. The van der Waals surface area contributed by atoms with Crippen LogP contribution in [0.3, 0.4) is 0 Å². The SMILES string of the molecule is O=C(N/N=C/c1c(O)n(-c2ccc(Cl)c(Cl)c2)c(=S)[nH]c1=O)c1ccc(Br)cc1. The summed E-state index contributed by atoms with van der Waals surface area (Å²) in [4.78, 5) is 26.7. The molecule has 29 heavy (non-hydrogen) atoms. The smallest absolute Gasteiger partial charge is 0.271 e. The van der Waals surface area contributed by atoms with E-state index in [-0.39, 0.29) is 15.4 Å². The van der Waals surface area contributed by atoms with Crippen LogP contribution in [0.5, 0.6) is 5.88 Å². The van der Waals surface area contributed by atoms with Gasteiger partial charge in [-0.05, 0) is 54.7 Å². The van der Waals surface area contributed by atoms with Crippen molar-refractivity contribution < 1.29 is 9.90 Å². The number of aromatic amines is 1. The molecule has 0 atom stereocenters. The second-order valence-corrected chi connectivity index (χ2v) is 7.75. The van der Waals surface area contributed by atoms with Gasteiger partial charge < -0.3 is 5.11 Å². The normalized spacial score (nSPS) is 11.0. The van der Waals surface area contributed by atoms with E-state index in [1.54, 1.807) is 30.3 Å². The number of hydrogen-bond donors (Lipinski definition) is 3. The number of carbonyl (C=O) groups is 1. The maximum atomic E-state index is 12.2. The Kier molecular flexibility index (Phi) is 6.53. The second-order valence-electron chi connectivity index (χ2n) is 5.64. The first-order valence-corrected chi connectivity index (χ1v) is 9.86. The molecule has 0 spiro atoms. The fourth-order valence-corrected chi connectivity index (χ4v) is 3.18. The van der Waals surface area contributed by atoms with Crippen LogP contribution < -0.4 is 11.0 Å². The van der Waals surface area contributed by atoms with Crippen molar-refractivity contribution in [3.8, 4) is 11.6 Å². The van der Waals surface area contributed by atoms with Crippen molar-refractivity contribution in [1.82, 2.24) is 15.0 Å². The lowest BCUT2D eigenvalue weighted by atomic mass is 10.2. The number of hydrazone groups is 1. The molecule has 0 aliphatic heterocycles. The molecule has 3 aromatic rings. The van der Waals surface area contributed by atoms with Crippen LogP contribution in [0.2, 0.25) is 10.0 Å². The lowest BCUT2D eigenvalue weighted by Gasteiger charge is -2.11. The Labute approximate surface area is 187 Å². The Morgan fingerprint density at radius 1 is 1.21 bits per heavy atom. The molecule has 1 aromatic heterocycles. The molecule has 0 aliphatic carbocycles. The lowest BCUT2D eigenvalue weighted by molar-refractivity contribution is 0.0955. The predicted octanol–water partition coefficient (Wildman–Crippen LogP) is 4.43. The molecule has 0 unspecified atom stereocenters. The molecule has 3 N–H and O–H groups in total. The molecule has 0 aliphatic rings. The van der Waals surface area contributed by atoms with Crippen molar-refractivity contribution in [1.29, 1.82) is 0 Å². The first-order chi connectivity index (χ1) is 13.8. The number of nitrogens with zero attached hydrogens (tertiary/aromatic N) is 2. The number of H-pyrrole nitrogens is 1. The lowest BCUT2D eigenvalue weighted by Crippen LogP contribution is -2.21. The largest absolute Gasteiger partial charge is 0.494 e. The average molecular weight is 514 g/mol. The molecular weight excluding hydrogens is 503 g/mol. The van der Waals surface area contributed by atoms with Crippen LogP contribution in [-0.4, -0.2) is 26.8 Å². The molecule has 3 rings (SSSR count). The summed E-state index contributed by atoms with van der Waals surface area (Å²) in [7, 11) is 0. The predicted molar refractivity (Wildman–Crippen MR) is 118 cm³/mol. The van der Waals surface area contributed by atoms with E-state index in [4.69, 9.17) is 35.4 Å². The standard InChI is InChI=1S/C18H11BrCl2N4O3S/c19-10-3-1-9(2-4-10)15(26)24-22-8-12-16(27)23-18(29)25(17(12)28)11-5-6-13(20)14(21)7-11/h1-8,28H,(H,24,26)(H,23,27,29)/b22-8+. The van der Waals surface area contributed by atoms with Gasteiger partial charge in [-0.3, -0.25) is 19.1 Å². The highest BCUT2D eigenvalue weighted by atomic mass is 79.9. The number of amides is 1. The van der Waals surface area contributed by atoms with Gasteiger partial charge in [0.15, 0.2) is 4.77 Å². The molecule has 11 heteroatoms. The zero-order chi connectivity index (χ0) is 21.1. The number of rotatable bonds is 4. The van der Waals surface area contributed by atoms with E-state index in [0.717, 1.165) is 10.7 Å². The molecule has 0 fully saturated rings. The van der Waals surface area contributed by atoms with Crippen LogP contribution >= 0.6 is 51.3 Å². The molecule has 0 radical (unpaired) electrons. The average Bonchev–Trinajstić information content (AvgIpc) is 2.67. The van der Waals surface area contributed by atoms with Crippen LogP contribution in [0.25, 0.3) is 5.69 Å². The fourth-order valence-electron chi connectivity index (χ4n) is 2.34. The topological polar surface area (TPSA) is 99.5 Å². The van der Waals surface area contributed by atoms with Crippen molar-refractivity contribution in [3.05, 3.63) is 83.2 Å². The fraction of sp³-hybridized carbons (Fsp3) is 0. The zero-order valence-corrected chi connectivity index (χ0v) is 18.2. The van der Waals surface area contributed by atoms with Gasteiger partial charge in [0.05, 0.1) is 21.9 Å². The Morgan fingerprint density at radius 2 is 1.90 bits per heavy atom. The first-order valence-electron chi connectivity index (χ1n) is 7.90. The number of aromatic nitrogens is 2. The van der Waals surface area contributed by atoms with Crippen molar-refractivity contribution in [2.24, 2.45) is 5.10 Å². The van der Waals surface area contributed by atoms with Crippen LogP contribution in [-0.2, 0) is 0 Å². The van der Waals surface area contributed by atoms with Crippen LogP contribution in [0.15, 0.2) is 56.8 Å². The van der Waals surface area contributed by atoms with Crippen molar-refractivity contribution in [2.75, 3.05) is 0 Å². The Hall–Kier alpha value is -2.46. The van der Waals surface area contributed by atoms with Gasteiger partial charge in [0.2, 0.25) is 5.88 Å². The third-order valence-electron chi connectivity index (χ3n) is 3.75. The molecule has 148 valence electrons. The van der Waals surface area contributed by atoms with E-state index in [0.29, 0.717) is 16.3 Å². The Morgan fingerprint density at radius 3 is 2.55 bits per heavy atom. The van der Waals surface area contributed by atoms with Gasteiger partial charge in [0.1, 0.15) is 5.56 Å². The van der Waals surface area contributed by atoms with E-state index in [1.807, 2.05) is 0 Å². The summed E-state index contributed by atoms with van der Waals surface area (Å²) in [6, 6.07) is 11.2. The van der Waals surface area contributed by atoms with Crippen LogP contribution in [0, 0.1) is 4.77 Å². The molecule has 2 aromatic carbocycles. The van der Waals surface area contributed by atoms with Crippen molar-refractivity contribution in [2.45, 2.75) is 0 Å². The van der Waals surface area contributed by atoms with E-state index < -0.39 is 17.3 Å². The molecule has 0 bridgehead atoms. The minimum absolute atomic E-state index is 0.0538. The zero-order valence-electron chi connectivity index (χ0n) is 14.3. The van der Waals surface area contributed by atoms with Gasteiger partial charge >= 0.3 is 0 Å².